The Kier molecular flexibility index (Phi) is 7.98. The quantitative estimate of drug-likeness (QED) is 0.149. The van der Waals surface area contributed by atoms with E-state index in [1.807, 2.05) is 35.1 Å². The number of nitrogens with zero attached hydrogens (tertiary/aromatic N) is 9. The van der Waals surface area contributed by atoms with Crippen LogP contribution in [0.3, 0.4) is 0 Å². The van der Waals surface area contributed by atoms with Gasteiger partial charge in [0.05, 0.1) is 63.6 Å². The Morgan fingerprint density at radius 3 is 1.38 bits per heavy atom. The number of fused-ring (bicyclic) bond motifs is 7. The third kappa shape index (κ3) is 5.42. The molecule has 0 bridgehead atoms. The van der Waals surface area contributed by atoms with Crippen molar-refractivity contribution in [2.24, 2.45) is 5.92 Å². The van der Waals surface area contributed by atoms with Crippen molar-refractivity contribution in [1.82, 2.24) is 32.0 Å². The second-order valence-electron chi connectivity index (χ2n) is 14.3. The predicted octanol–water partition coefficient (Wildman–Crippen LogP) is 12.7. The maximum atomic E-state index is 5.05. The lowest BCUT2D eigenvalue weighted by Crippen LogP contribution is -2.05. The van der Waals surface area contributed by atoms with E-state index in [1.54, 1.807) is 45.3 Å². The van der Waals surface area contributed by atoms with Gasteiger partial charge >= 0.3 is 0 Å². The van der Waals surface area contributed by atoms with Gasteiger partial charge in [-0.05, 0) is 42.3 Å². The Labute approximate surface area is 347 Å². The molecule has 0 aliphatic carbocycles. The smallest absolute Gasteiger partial charge is 0.132 e. The summed E-state index contributed by atoms with van der Waals surface area (Å²) in [4.78, 5) is 19.0. The molecule has 0 aliphatic heterocycles. The monoisotopic (exact) mass is 867 g/mol. The van der Waals surface area contributed by atoms with Crippen molar-refractivity contribution in [3.8, 4) is 42.0 Å². The van der Waals surface area contributed by atoms with Crippen molar-refractivity contribution in [3.63, 3.8) is 0 Å². The van der Waals surface area contributed by atoms with Crippen LogP contribution in [0.2, 0.25) is 0 Å². The molecule has 0 saturated carbocycles. The number of hydrogen-bond acceptors (Lipinski definition) is 16. The fourth-order valence-electron chi connectivity index (χ4n) is 7.03. The van der Waals surface area contributed by atoms with Gasteiger partial charge in [0.2, 0.25) is 0 Å². The van der Waals surface area contributed by atoms with Crippen LogP contribution in [0, 0.1) is 5.92 Å². The molecule has 11 aromatic rings. The van der Waals surface area contributed by atoms with Crippen LogP contribution in [0.4, 0.5) is 10.0 Å². The number of anilines is 2. The third-order valence-corrected chi connectivity index (χ3v) is 18.1. The molecule has 0 fully saturated rings. The lowest BCUT2D eigenvalue weighted by molar-refractivity contribution is 0.546. The van der Waals surface area contributed by atoms with E-state index in [4.69, 9.17) is 27.5 Å². The molecular weight excluding hydrogens is 839 g/mol. The molecule has 11 heterocycles. The first kappa shape index (κ1) is 34.3. The number of pyridine rings is 2. The zero-order chi connectivity index (χ0) is 37.3. The van der Waals surface area contributed by atoms with Gasteiger partial charge in [0.1, 0.15) is 33.5 Å². The molecule has 0 aromatic carbocycles. The maximum absolute atomic E-state index is 5.05. The van der Waals surface area contributed by atoms with Gasteiger partial charge in [0, 0.05) is 86.8 Å². The Morgan fingerprint density at radius 2 is 0.964 bits per heavy atom. The molecule has 11 aromatic heterocycles. The molecule has 11 rings (SSSR count). The molecule has 274 valence electrons. The fourth-order valence-corrected chi connectivity index (χ4v) is 15.3. The maximum Gasteiger partial charge on any atom is 0.132 e. The van der Waals surface area contributed by atoms with E-state index >= 15 is 0 Å². The highest BCUT2D eigenvalue weighted by Gasteiger charge is 2.25. The summed E-state index contributed by atoms with van der Waals surface area (Å²) in [5.41, 5.74) is 9.94. The number of aromatic nitrogens is 7. The highest BCUT2D eigenvalue weighted by Crippen LogP contribution is 2.49. The van der Waals surface area contributed by atoms with E-state index in [0.29, 0.717) is 5.92 Å². The molecular formula is C38H29N9S8. The summed E-state index contributed by atoms with van der Waals surface area (Å²) < 4.78 is 29.4. The summed E-state index contributed by atoms with van der Waals surface area (Å²) in [6, 6.07) is 13.7. The lowest BCUT2D eigenvalue weighted by atomic mass is 10.1. The van der Waals surface area contributed by atoms with E-state index < -0.39 is 0 Å². The Bertz CT molecular complexity index is 2990. The first-order chi connectivity index (χ1) is 26.7. The largest absolute Gasteiger partial charge is 0.370 e. The second-order valence-corrected chi connectivity index (χ2v) is 21.7. The standard InChI is InChI=1S/C38H29N9S8/c1-16(2)15-47-19-7-21(17-13-39-33(35-31(17)41-54-43-35)27-9-23-25(48-27)11-29(50-23)45(3)4)52-37(19)38-20(47)8-22(53-38)18-14-40-34(36-32(18)42-55-44-36)28-10-24-26(49-28)12-30(51-24)46(5)6/h7-14,16H,15H2,1-6H3. The highest BCUT2D eigenvalue weighted by atomic mass is 32.1. The molecule has 9 nitrogen and oxygen atoms in total. The molecule has 17 heteroatoms. The molecule has 0 unspecified atom stereocenters. The average molecular weight is 868 g/mol. The van der Waals surface area contributed by atoms with Gasteiger partial charge in [0.15, 0.2) is 0 Å². The van der Waals surface area contributed by atoms with E-state index in [9.17, 15) is 0 Å². The number of hydrogen-bond donors (Lipinski definition) is 0. The van der Waals surface area contributed by atoms with Gasteiger partial charge in [-0.2, -0.15) is 17.5 Å². The third-order valence-electron chi connectivity index (χ3n) is 9.61. The molecule has 0 N–H and O–H groups in total. The minimum absolute atomic E-state index is 0.472. The highest BCUT2D eigenvalue weighted by molar-refractivity contribution is 7.32. The van der Waals surface area contributed by atoms with Crippen LogP contribution >= 0.6 is 91.5 Å². The fraction of sp³-hybridized carbons (Fsp3) is 0.211. The van der Waals surface area contributed by atoms with E-state index in [2.05, 4.69) is 92.8 Å². The normalized spacial score (nSPS) is 12.4. The SMILES string of the molecule is CC(C)Cn1c2cc(-c3cnc(-c4cc5sc(N(C)C)cc5s4)c4nsnc34)sc2c2sc(-c3cnc(-c4cc5sc(N(C)C)cc5s4)c4nsnc34)cc21. The molecule has 0 spiro atoms. The summed E-state index contributed by atoms with van der Waals surface area (Å²) >= 11 is 13.3. The first-order valence-electron chi connectivity index (χ1n) is 17.4. The number of thiophene rings is 6. The van der Waals surface area contributed by atoms with E-state index in [0.717, 1.165) is 70.6 Å². The van der Waals surface area contributed by atoms with Crippen LogP contribution in [0.15, 0.2) is 48.8 Å². The van der Waals surface area contributed by atoms with Crippen LogP contribution in [0.5, 0.6) is 0 Å². The van der Waals surface area contributed by atoms with Crippen molar-refractivity contribution < 1.29 is 0 Å². The zero-order valence-electron chi connectivity index (χ0n) is 30.2. The topological polar surface area (TPSA) is 88.8 Å². The van der Waals surface area contributed by atoms with Crippen LogP contribution in [0.25, 0.3) is 103 Å². The van der Waals surface area contributed by atoms with Crippen molar-refractivity contribution in [1.29, 1.82) is 0 Å². The van der Waals surface area contributed by atoms with Gasteiger partial charge < -0.3 is 14.4 Å². The minimum Gasteiger partial charge on any atom is -0.370 e. The van der Waals surface area contributed by atoms with E-state index in [-0.39, 0.29) is 0 Å². The van der Waals surface area contributed by atoms with Gasteiger partial charge in [-0.1, -0.05) is 13.8 Å². The van der Waals surface area contributed by atoms with Gasteiger partial charge in [-0.15, -0.1) is 68.0 Å². The van der Waals surface area contributed by atoms with Crippen molar-refractivity contribution in [2.45, 2.75) is 20.4 Å². The number of rotatable bonds is 8. The average Bonchev–Trinajstić information content (AvgIpc) is 3.99. The Hall–Kier alpha value is -3.94. The molecule has 0 aliphatic rings. The minimum atomic E-state index is 0.472. The van der Waals surface area contributed by atoms with Gasteiger partial charge in [-0.25, -0.2) is 0 Å². The molecule has 0 saturated heterocycles. The van der Waals surface area contributed by atoms with Crippen molar-refractivity contribution in [2.75, 3.05) is 38.0 Å². The summed E-state index contributed by atoms with van der Waals surface area (Å²) in [5.74, 6) is 0.472. The van der Waals surface area contributed by atoms with Crippen LogP contribution in [0.1, 0.15) is 13.8 Å². The van der Waals surface area contributed by atoms with Crippen LogP contribution < -0.4 is 9.80 Å². The van der Waals surface area contributed by atoms with Crippen LogP contribution in [-0.4, -0.2) is 60.2 Å². The van der Waals surface area contributed by atoms with E-state index in [1.165, 1.54) is 72.7 Å². The predicted molar refractivity (Wildman–Crippen MR) is 244 cm³/mol. The zero-order valence-corrected chi connectivity index (χ0v) is 36.7. The molecule has 0 atom stereocenters. The first-order valence-corrected chi connectivity index (χ1v) is 23.8. The second kappa shape index (κ2) is 12.8. The summed E-state index contributed by atoms with van der Waals surface area (Å²) in [6.07, 6.45) is 4.01. The van der Waals surface area contributed by atoms with Crippen molar-refractivity contribution >= 4 is 163 Å². The lowest BCUT2D eigenvalue weighted by Gasteiger charge is -2.09. The Morgan fingerprint density at radius 1 is 0.527 bits per heavy atom. The summed E-state index contributed by atoms with van der Waals surface area (Å²) in [6.45, 7) is 5.48. The van der Waals surface area contributed by atoms with Gasteiger partial charge in [-0.3, -0.25) is 9.97 Å². The summed E-state index contributed by atoms with van der Waals surface area (Å²) in [5, 5.41) is 2.51. The van der Waals surface area contributed by atoms with Gasteiger partial charge in [0.25, 0.3) is 0 Å². The molecule has 0 amide bonds. The van der Waals surface area contributed by atoms with Crippen LogP contribution in [-0.2, 0) is 6.54 Å². The molecule has 55 heavy (non-hydrogen) atoms. The molecule has 0 radical (unpaired) electrons. The summed E-state index contributed by atoms with van der Waals surface area (Å²) in [7, 11) is 8.35. The van der Waals surface area contributed by atoms with Crippen molar-refractivity contribution in [3.05, 3.63) is 48.8 Å². The Balaban J connectivity index is 1.000.